The van der Waals surface area contributed by atoms with Crippen LogP contribution < -0.4 is 10.6 Å². The van der Waals surface area contributed by atoms with Crippen molar-refractivity contribution in [3.63, 3.8) is 0 Å². The Balaban J connectivity index is 1.60. The van der Waals surface area contributed by atoms with Crippen LogP contribution in [0.5, 0.6) is 0 Å². The van der Waals surface area contributed by atoms with Crippen LogP contribution in [0.4, 0.5) is 0 Å². The summed E-state index contributed by atoms with van der Waals surface area (Å²) in [6.45, 7) is 4.98. The second-order valence-corrected chi connectivity index (χ2v) is 4.18. The molecule has 1 saturated carbocycles. The van der Waals surface area contributed by atoms with E-state index >= 15 is 0 Å². The Morgan fingerprint density at radius 1 is 1.33 bits per heavy atom. The second-order valence-electron chi connectivity index (χ2n) is 4.18. The third kappa shape index (κ3) is 3.98. The molecule has 0 aliphatic heterocycles. The molecule has 1 aromatic heterocycles. The van der Waals surface area contributed by atoms with Gasteiger partial charge >= 0.3 is 0 Å². The Bertz CT molecular complexity index is 307. The van der Waals surface area contributed by atoms with E-state index in [1.165, 1.54) is 12.8 Å². The van der Waals surface area contributed by atoms with Crippen molar-refractivity contribution >= 4 is 0 Å². The van der Waals surface area contributed by atoms with Crippen LogP contribution >= 0.6 is 0 Å². The molecule has 0 atom stereocenters. The average Bonchev–Trinajstić information content (AvgIpc) is 3.01. The van der Waals surface area contributed by atoms with Crippen molar-refractivity contribution in [2.45, 2.75) is 32.4 Å². The molecule has 0 unspecified atom stereocenters. The molecule has 0 radical (unpaired) electrons. The molecular weight excluding hydrogens is 186 g/mol. The largest absolute Gasteiger partial charge is 0.313 e. The molecule has 1 heterocycles. The van der Waals surface area contributed by atoms with Crippen LogP contribution in [0.25, 0.3) is 0 Å². The Labute approximate surface area is 91.3 Å². The normalized spacial score (nSPS) is 15.5. The lowest BCUT2D eigenvalue weighted by Gasteiger charge is -2.05. The Morgan fingerprint density at radius 3 is 2.93 bits per heavy atom. The molecule has 0 amide bonds. The highest BCUT2D eigenvalue weighted by Gasteiger charge is 2.19. The number of pyridine rings is 1. The van der Waals surface area contributed by atoms with Crippen molar-refractivity contribution < 1.29 is 0 Å². The van der Waals surface area contributed by atoms with E-state index in [0.29, 0.717) is 0 Å². The van der Waals surface area contributed by atoms with Crippen LogP contribution in [-0.4, -0.2) is 24.1 Å². The summed E-state index contributed by atoms with van der Waals surface area (Å²) in [6.07, 6.45) is 2.72. The maximum Gasteiger partial charge on any atom is 0.0544 e. The van der Waals surface area contributed by atoms with Crippen LogP contribution in [0.1, 0.15) is 24.2 Å². The number of hydrogen-bond acceptors (Lipinski definition) is 3. The minimum absolute atomic E-state index is 0.809. The van der Waals surface area contributed by atoms with Crippen LogP contribution in [0.2, 0.25) is 0 Å². The molecule has 0 saturated heterocycles. The SMILES string of the molecule is Cc1cccc(CNCCNC2CC2)n1. The van der Waals surface area contributed by atoms with E-state index < -0.39 is 0 Å². The lowest BCUT2D eigenvalue weighted by atomic mass is 10.3. The number of hydrogen-bond donors (Lipinski definition) is 2. The van der Waals surface area contributed by atoms with E-state index in [4.69, 9.17) is 0 Å². The highest BCUT2D eigenvalue weighted by atomic mass is 15.0. The lowest BCUT2D eigenvalue weighted by Crippen LogP contribution is -2.28. The summed E-state index contributed by atoms with van der Waals surface area (Å²) >= 11 is 0. The number of rotatable bonds is 6. The predicted molar refractivity (Wildman–Crippen MR) is 61.7 cm³/mol. The first-order valence-corrected chi connectivity index (χ1v) is 5.71. The van der Waals surface area contributed by atoms with Gasteiger partial charge in [-0.05, 0) is 31.9 Å². The van der Waals surface area contributed by atoms with Crippen molar-refractivity contribution in [2.75, 3.05) is 13.1 Å². The molecule has 15 heavy (non-hydrogen) atoms. The first-order valence-electron chi connectivity index (χ1n) is 5.71. The van der Waals surface area contributed by atoms with Gasteiger partial charge in [-0.15, -0.1) is 0 Å². The third-order valence-electron chi connectivity index (χ3n) is 2.56. The molecule has 1 aliphatic rings. The van der Waals surface area contributed by atoms with E-state index in [1.54, 1.807) is 0 Å². The zero-order chi connectivity index (χ0) is 10.5. The summed E-state index contributed by atoms with van der Waals surface area (Å²) in [5.41, 5.74) is 2.21. The second kappa shape index (κ2) is 5.24. The highest BCUT2D eigenvalue weighted by molar-refractivity contribution is 5.09. The van der Waals surface area contributed by atoms with Gasteiger partial charge in [0.1, 0.15) is 0 Å². The fraction of sp³-hybridized carbons (Fsp3) is 0.583. The van der Waals surface area contributed by atoms with Crippen molar-refractivity contribution in [1.29, 1.82) is 0 Å². The van der Waals surface area contributed by atoms with Crippen molar-refractivity contribution in [3.8, 4) is 0 Å². The molecular formula is C12H19N3. The minimum atomic E-state index is 0.809. The number of aryl methyl sites for hydroxylation is 1. The molecule has 3 heteroatoms. The molecule has 0 aromatic carbocycles. The van der Waals surface area contributed by atoms with Gasteiger partial charge in [0, 0.05) is 31.4 Å². The van der Waals surface area contributed by atoms with Crippen molar-refractivity contribution in [1.82, 2.24) is 15.6 Å². The van der Waals surface area contributed by atoms with Gasteiger partial charge in [0.05, 0.1) is 5.69 Å². The Hall–Kier alpha value is -0.930. The summed E-state index contributed by atoms with van der Waals surface area (Å²) in [4.78, 5) is 4.44. The third-order valence-corrected chi connectivity index (χ3v) is 2.56. The van der Waals surface area contributed by atoms with E-state index in [0.717, 1.165) is 37.1 Å². The summed E-state index contributed by atoms with van der Waals surface area (Å²) in [5, 5.41) is 6.86. The van der Waals surface area contributed by atoms with Crippen LogP contribution in [0.15, 0.2) is 18.2 Å². The molecule has 0 bridgehead atoms. The van der Waals surface area contributed by atoms with Gasteiger partial charge in [-0.2, -0.15) is 0 Å². The molecule has 1 fully saturated rings. The first kappa shape index (κ1) is 10.6. The van der Waals surface area contributed by atoms with Gasteiger partial charge in [0.25, 0.3) is 0 Å². The van der Waals surface area contributed by atoms with E-state index in [9.17, 15) is 0 Å². The van der Waals surface area contributed by atoms with Gasteiger partial charge in [0.15, 0.2) is 0 Å². The molecule has 3 nitrogen and oxygen atoms in total. The van der Waals surface area contributed by atoms with Crippen molar-refractivity contribution in [3.05, 3.63) is 29.6 Å². The van der Waals surface area contributed by atoms with Gasteiger partial charge in [-0.1, -0.05) is 6.07 Å². The van der Waals surface area contributed by atoms with Gasteiger partial charge in [-0.3, -0.25) is 4.98 Å². The topological polar surface area (TPSA) is 37.0 Å². The summed E-state index contributed by atoms with van der Waals surface area (Å²) in [7, 11) is 0. The monoisotopic (exact) mass is 205 g/mol. The first-order chi connectivity index (χ1) is 7.34. The molecule has 82 valence electrons. The maximum atomic E-state index is 4.44. The van der Waals surface area contributed by atoms with Crippen LogP contribution in [-0.2, 0) is 6.54 Å². The number of nitrogens with one attached hydrogen (secondary N) is 2. The Morgan fingerprint density at radius 2 is 2.20 bits per heavy atom. The van der Waals surface area contributed by atoms with E-state index in [2.05, 4.69) is 27.8 Å². The predicted octanol–water partition coefficient (Wildman–Crippen LogP) is 1.23. The highest BCUT2D eigenvalue weighted by Crippen LogP contribution is 2.17. The molecule has 1 aliphatic carbocycles. The van der Waals surface area contributed by atoms with Gasteiger partial charge < -0.3 is 10.6 Å². The number of nitrogens with zero attached hydrogens (tertiary/aromatic N) is 1. The summed E-state index contributed by atoms with van der Waals surface area (Å²) < 4.78 is 0. The maximum absolute atomic E-state index is 4.44. The molecule has 2 N–H and O–H groups in total. The fourth-order valence-electron chi connectivity index (χ4n) is 1.57. The van der Waals surface area contributed by atoms with Crippen LogP contribution in [0, 0.1) is 6.92 Å². The van der Waals surface area contributed by atoms with Crippen LogP contribution in [0.3, 0.4) is 0 Å². The standard InChI is InChI=1S/C12H19N3/c1-10-3-2-4-12(15-10)9-13-7-8-14-11-5-6-11/h2-4,11,13-14H,5-9H2,1H3. The summed E-state index contributed by atoms with van der Waals surface area (Å²) in [5.74, 6) is 0. The lowest BCUT2D eigenvalue weighted by molar-refractivity contribution is 0.603. The van der Waals surface area contributed by atoms with Gasteiger partial charge in [-0.25, -0.2) is 0 Å². The smallest absolute Gasteiger partial charge is 0.0544 e. The average molecular weight is 205 g/mol. The number of aromatic nitrogens is 1. The quantitative estimate of drug-likeness (QED) is 0.686. The van der Waals surface area contributed by atoms with E-state index in [-0.39, 0.29) is 0 Å². The van der Waals surface area contributed by atoms with E-state index in [1.807, 2.05) is 13.0 Å². The molecule has 2 rings (SSSR count). The zero-order valence-corrected chi connectivity index (χ0v) is 9.29. The molecule has 0 spiro atoms. The van der Waals surface area contributed by atoms with Crippen molar-refractivity contribution in [2.24, 2.45) is 0 Å². The van der Waals surface area contributed by atoms with Gasteiger partial charge in [0.2, 0.25) is 0 Å². The molecule has 1 aromatic rings. The Kier molecular flexibility index (Phi) is 3.69. The summed E-state index contributed by atoms with van der Waals surface area (Å²) in [6, 6.07) is 6.96. The zero-order valence-electron chi connectivity index (χ0n) is 9.29. The fourth-order valence-corrected chi connectivity index (χ4v) is 1.57. The minimum Gasteiger partial charge on any atom is -0.313 e.